The maximum Gasteiger partial charge on any atom is 0.189 e. The molecule has 0 amide bonds. The molecular weight excluding hydrogens is 427 g/mol. The van der Waals surface area contributed by atoms with Crippen molar-refractivity contribution in [2.45, 2.75) is 57.7 Å². The first kappa shape index (κ1) is 22.0. The predicted molar refractivity (Wildman–Crippen MR) is 117 cm³/mol. The molecule has 0 saturated heterocycles. The summed E-state index contributed by atoms with van der Waals surface area (Å²) < 4.78 is 5.08. The number of nitrogens with one attached hydrogen (secondary N) is 1. The second-order valence-electron chi connectivity index (χ2n) is 6.77. The lowest BCUT2D eigenvalue weighted by atomic mass is 9.94. The van der Waals surface area contributed by atoms with Gasteiger partial charge in [-0.25, -0.2) is 4.99 Å². The number of ether oxygens (including phenoxy) is 1. The number of rotatable bonds is 7. The summed E-state index contributed by atoms with van der Waals surface area (Å²) in [6.45, 7) is 3.21. The first-order valence-corrected chi connectivity index (χ1v) is 8.97. The minimum Gasteiger partial charge on any atom is -0.383 e. The van der Waals surface area contributed by atoms with Crippen LogP contribution < -0.4 is 16.0 Å². The van der Waals surface area contributed by atoms with Gasteiger partial charge in [0, 0.05) is 31.9 Å². The fourth-order valence-electron chi connectivity index (χ4n) is 3.28. The summed E-state index contributed by atoms with van der Waals surface area (Å²) in [6.07, 6.45) is 6.72. The van der Waals surface area contributed by atoms with E-state index in [0.717, 1.165) is 0 Å². The van der Waals surface area contributed by atoms with Gasteiger partial charge in [-0.3, -0.25) is 0 Å². The highest BCUT2D eigenvalue weighted by Crippen LogP contribution is 2.26. The monoisotopic (exact) mass is 460 g/mol. The highest BCUT2D eigenvalue weighted by atomic mass is 127. The average Bonchev–Trinajstić information content (AvgIpc) is 2.61. The van der Waals surface area contributed by atoms with Crippen molar-refractivity contribution in [3.63, 3.8) is 0 Å². The Balaban J connectivity index is 0.00000312. The lowest BCUT2D eigenvalue weighted by Crippen LogP contribution is -2.40. The van der Waals surface area contributed by atoms with E-state index in [1.165, 1.54) is 43.4 Å². The van der Waals surface area contributed by atoms with Gasteiger partial charge in [0.15, 0.2) is 5.96 Å². The molecule has 1 saturated carbocycles. The van der Waals surface area contributed by atoms with Crippen molar-refractivity contribution in [2.24, 2.45) is 10.7 Å². The van der Waals surface area contributed by atoms with E-state index in [-0.39, 0.29) is 30.0 Å². The number of guanidine groups is 1. The average molecular weight is 460 g/mol. The van der Waals surface area contributed by atoms with Crippen LogP contribution in [-0.4, -0.2) is 38.8 Å². The SMILES string of the molecule is COCC(C)NC(N)=NCc1ccc(N(C)C2CCCCC2)cc1.I. The van der Waals surface area contributed by atoms with Crippen LogP contribution in [0.15, 0.2) is 29.3 Å². The molecule has 0 aromatic heterocycles. The number of methoxy groups -OCH3 is 1. The third-order valence-electron chi connectivity index (χ3n) is 4.71. The summed E-state index contributed by atoms with van der Waals surface area (Å²) in [6, 6.07) is 9.51. The predicted octanol–water partition coefficient (Wildman–Crippen LogP) is 3.51. The fourth-order valence-corrected chi connectivity index (χ4v) is 3.28. The number of halogens is 1. The zero-order chi connectivity index (χ0) is 17.4. The Hall–Kier alpha value is -1.02. The molecule has 1 aromatic rings. The Morgan fingerprint density at radius 2 is 1.92 bits per heavy atom. The van der Waals surface area contributed by atoms with Crippen LogP contribution in [0, 0.1) is 0 Å². The standard InChI is InChI=1S/C19H32N4O.HI/c1-15(14-24-3)22-19(20)21-13-16-9-11-18(12-10-16)23(2)17-7-5-4-6-8-17;/h9-12,15,17H,4-8,13-14H2,1-3H3,(H3,20,21,22);1H. The maximum atomic E-state index is 5.90. The summed E-state index contributed by atoms with van der Waals surface area (Å²) in [4.78, 5) is 6.82. The molecule has 25 heavy (non-hydrogen) atoms. The minimum atomic E-state index is 0. The molecule has 3 N–H and O–H groups in total. The number of benzene rings is 1. The van der Waals surface area contributed by atoms with Crippen molar-refractivity contribution in [3.05, 3.63) is 29.8 Å². The van der Waals surface area contributed by atoms with E-state index < -0.39 is 0 Å². The van der Waals surface area contributed by atoms with Gasteiger partial charge >= 0.3 is 0 Å². The lowest BCUT2D eigenvalue weighted by Gasteiger charge is -2.33. The third-order valence-corrected chi connectivity index (χ3v) is 4.71. The van der Waals surface area contributed by atoms with Gasteiger partial charge in [0.1, 0.15) is 0 Å². The Labute approximate surface area is 169 Å². The van der Waals surface area contributed by atoms with Gasteiger partial charge in [-0.05, 0) is 37.5 Å². The van der Waals surface area contributed by atoms with Crippen molar-refractivity contribution < 1.29 is 4.74 Å². The number of nitrogens with zero attached hydrogens (tertiary/aromatic N) is 2. The molecule has 1 aliphatic carbocycles. The van der Waals surface area contributed by atoms with Crippen LogP contribution in [-0.2, 0) is 11.3 Å². The summed E-state index contributed by atoms with van der Waals surface area (Å²) in [5, 5.41) is 3.12. The quantitative estimate of drug-likeness (QED) is 0.372. The molecular formula is C19H33IN4O. The molecule has 1 unspecified atom stereocenters. The van der Waals surface area contributed by atoms with Crippen LogP contribution in [0.2, 0.25) is 0 Å². The van der Waals surface area contributed by atoms with Crippen molar-refractivity contribution >= 4 is 35.6 Å². The summed E-state index contributed by atoms with van der Waals surface area (Å²) in [5.74, 6) is 0.461. The van der Waals surface area contributed by atoms with E-state index in [9.17, 15) is 0 Å². The Kier molecular flexibility index (Phi) is 10.2. The highest BCUT2D eigenvalue weighted by molar-refractivity contribution is 14.0. The van der Waals surface area contributed by atoms with E-state index in [4.69, 9.17) is 10.5 Å². The van der Waals surface area contributed by atoms with E-state index in [1.54, 1.807) is 7.11 Å². The van der Waals surface area contributed by atoms with Gasteiger partial charge in [0.2, 0.25) is 0 Å². The first-order chi connectivity index (χ1) is 11.6. The zero-order valence-corrected chi connectivity index (χ0v) is 18.0. The van der Waals surface area contributed by atoms with Gasteiger partial charge in [0.05, 0.1) is 13.2 Å². The van der Waals surface area contributed by atoms with Gasteiger partial charge in [0.25, 0.3) is 0 Å². The second kappa shape index (κ2) is 11.6. The van der Waals surface area contributed by atoms with E-state index in [1.807, 2.05) is 6.92 Å². The van der Waals surface area contributed by atoms with E-state index in [2.05, 4.69) is 46.5 Å². The topological polar surface area (TPSA) is 62.9 Å². The van der Waals surface area contributed by atoms with Gasteiger partial charge in [-0.2, -0.15) is 0 Å². The third kappa shape index (κ3) is 7.40. The molecule has 0 heterocycles. The number of aliphatic imine (C=N–C) groups is 1. The van der Waals surface area contributed by atoms with Crippen molar-refractivity contribution in [1.82, 2.24) is 5.32 Å². The molecule has 0 radical (unpaired) electrons. The number of nitrogens with two attached hydrogens (primary N) is 1. The van der Waals surface area contributed by atoms with Gasteiger partial charge in [-0.1, -0.05) is 31.4 Å². The number of anilines is 1. The largest absolute Gasteiger partial charge is 0.383 e. The van der Waals surface area contributed by atoms with Gasteiger partial charge < -0.3 is 20.7 Å². The van der Waals surface area contributed by atoms with Crippen LogP contribution in [0.5, 0.6) is 0 Å². The van der Waals surface area contributed by atoms with Crippen molar-refractivity contribution in [2.75, 3.05) is 25.7 Å². The summed E-state index contributed by atoms with van der Waals surface area (Å²) >= 11 is 0. The Bertz CT molecular complexity index is 515. The zero-order valence-electron chi connectivity index (χ0n) is 15.7. The van der Waals surface area contributed by atoms with Crippen LogP contribution in [0.4, 0.5) is 5.69 Å². The Morgan fingerprint density at radius 3 is 2.52 bits per heavy atom. The van der Waals surface area contributed by atoms with Crippen LogP contribution in [0.25, 0.3) is 0 Å². The molecule has 0 bridgehead atoms. The smallest absolute Gasteiger partial charge is 0.189 e. The number of hydrogen-bond donors (Lipinski definition) is 2. The van der Waals surface area contributed by atoms with Crippen LogP contribution in [0.1, 0.15) is 44.6 Å². The van der Waals surface area contributed by atoms with E-state index >= 15 is 0 Å². The molecule has 5 nitrogen and oxygen atoms in total. The summed E-state index contributed by atoms with van der Waals surface area (Å²) in [5.41, 5.74) is 8.36. The molecule has 1 aliphatic rings. The minimum absolute atomic E-state index is 0. The fraction of sp³-hybridized carbons (Fsp3) is 0.632. The molecule has 1 atom stereocenters. The normalized spacial score (nSPS) is 16.8. The molecule has 6 heteroatoms. The van der Waals surface area contributed by atoms with Crippen molar-refractivity contribution in [3.8, 4) is 0 Å². The van der Waals surface area contributed by atoms with Crippen molar-refractivity contribution in [1.29, 1.82) is 0 Å². The molecule has 0 spiro atoms. The lowest BCUT2D eigenvalue weighted by molar-refractivity contribution is 0.179. The molecule has 142 valence electrons. The van der Waals surface area contributed by atoms with Crippen LogP contribution in [0.3, 0.4) is 0 Å². The number of hydrogen-bond acceptors (Lipinski definition) is 3. The molecule has 1 aromatic carbocycles. The summed E-state index contributed by atoms with van der Waals surface area (Å²) in [7, 11) is 3.89. The second-order valence-corrected chi connectivity index (χ2v) is 6.77. The molecule has 0 aliphatic heterocycles. The van der Waals surface area contributed by atoms with Crippen LogP contribution >= 0.6 is 24.0 Å². The first-order valence-electron chi connectivity index (χ1n) is 8.97. The van der Waals surface area contributed by atoms with E-state index in [0.29, 0.717) is 25.2 Å². The Morgan fingerprint density at radius 1 is 1.28 bits per heavy atom. The maximum absolute atomic E-state index is 5.90. The highest BCUT2D eigenvalue weighted by Gasteiger charge is 2.18. The van der Waals surface area contributed by atoms with Gasteiger partial charge in [-0.15, -0.1) is 24.0 Å². The molecule has 1 fully saturated rings. The molecule has 2 rings (SSSR count).